The average molecular weight is 281 g/mol. The molecule has 0 aromatic heterocycles. The summed E-state index contributed by atoms with van der Waals surface area (Å²) in [5.74, 6) is 0.758. The van der Waals surface area contributed by atoms with Crippen LogP contribution in [0.3, 0.4) is 0 Å². The fourth-order valence-corrected chi connectivity index (χ4v) is 2.19. The van der Waals surface area contributed by atoms with E-state index in [0.29, 0.717) is 6.54 Å². The predicted octanol–water partition coefficient (Wildman–Crippen LogP) is 2.63. The van der Waals surface area contributed by atoms with Crippen LogP contribution in [0.15, 0.2) is 59.7 Å². The summed E-state index contributed by atoms with van der Waals surface area (Å²) in [6.45, 7) is 0.433. The molecule has 2 amide bonds. The van der Waals surface area contributed by atoms with E-state index >= 15 is 0 Å². The number of rotatable bonds is 3. The van der Waals surface area contributed by atoms with E-state index in [0.717, 1.165) is 22.7 Å². The molecule has 0 aliphatic carbocycles. The van der Waals surface area contributed by atoms with E-state index < -0.39 is 0 Å². The Hall–Kier alpha value is -2.82. The minimum atomic E-state index is -0.236. The van der Waals surface area contributed by atoms with E-state index in [2.05, 4.69) is 10.5 Å². The van der Waals surface area contributed by atoms with Crippen molar-refractivity contribution in [2.24, 2.45) is 5.10 Å². The minimum Gasteiger partial charge on any atom is -0.497 e. The standard InChI is InChI=1S/C16H15N3O2/c1-21-14-9-7-13(8-10-14)19-11-15(17-18-16(19)20)12-5-3-2-4-6-12/h2-10H,11H2,1H3,(H,18,20). The van der Waals surface area contributed by atoms with Crippen LogP contribution in [-0.2, 0) is 0 Å². The number of hydrogen-bond donors (Lipinski definition) is 1. The number of ether oxygens (including phenoxy) is 1. The van der Waals surface area contributed by atoms with Gasteiger partial charge in [-0.1, -0.05) is 30.3 Å². The van der Waals surface area contributed by atoms with Crippen LogP contribution in [0.1, 0.15) is 5.56 Å². The zero-order valence-corrected chi connectivity index (χ0v) is 11.6. The molecule has 3 rings (SSSR count). The van der Waals surface area contributed by atoms with Crippen molar-refractivity contribution in [3.05, 3.63) is 60.2 Å². The highest BCUT2D eigenvalue weighted by Gasteiger charge is 2.23. The summed E-state index contributed by atoms with van der Waals surface area (Å²) < 4.78 is 5.13. The Morgan fingerprint density at radius 3 is 2.48 bits per heavy atom. The van der Waals surface area contributed by atoms with Crippen LogP contribution in [0.25, 0.3) is 0 Å². The van der Waals surface area contributed by atoms with Crippen molar-refractivity contribution < 1.29 is 9.53 Å². The monoisotopic (exact) mass is 281 g/mol. The molecule has 106 valence electrons. The molecule has 1 aliphatic rings. The lowest BCUT2D eigenvalue weighted by Gasteiger charge is -2.27. The van der Waals surface area contributed by atoms with Crippen LogP contribution in [0.4, 0.5) is 10.5 Å². The molecule has 1 heterocycles. The minimum absolute atomic E-state index is 0.236. The van der Waals surface area contributed by atoms with Gasteiger partial charge < -0.3 is 4.74 Å². The molecule has 5 heteroatoms. The van der Waals surface area contributed by atoms with Gasteiger partial charge in [0.2, 0.25) is 0 Å². The molecule has 5 nitrogen and oxygen atoms in total. The summed E-state index contributed by atoms with van der Waals surface area (Å²) in [6, 6.07) is 16.9. The largest absolute Gasteiger partial charge is 0.497 e. The van der Waals surface area contributed by atoms with Gasteiger partial charge in [0.05, 0.1) is 19.4 Å². The fourth-order valence-electron chi connectivity index (χ4n) is 2.19. The maximum Gasteiger partial charge on any atom is 0.342 e. The highest BCUT2D eigenvalue weighted by atomic mass is 16.5. The lowest BCUT2D eigenvalue weighted by molar-refractivity contribution is 0.246. The van der Waals surface area contributed by atoms with Gasteiger partial charge in [-0.2, -0.15) is 5.10 Å². The molecule has 1 aliphatic heterocycles. The quantitative estimate of drug-likeness (QED) is 0.940. The van der Waals surface area contributed by atoms with Crippen LogP contribution < -0.4 is 15.1 Å². The van der Waals surface area contributed by atoms with Crippen molar-refractivity contribution in [3.63, 3.8) is 0 Å². The van der Waals surface area contributed by atoms with Crippen LogP contribution in [-0.4, -0.2) is 25.4 Å². The van der Waals surface area contributed by atoms with E-state index in [9.17, 15) is 4.79 Å². The van der Waals surface area contributed by atoms with Gasteiger partial charge in [-0.3, -0.25) is 4.90 Å². The van der Waals surface area contributed by atoms with Gasteiger partial charge in [-0.05, 0) is 29.8 Å². The molecular formula is C16H15N3O2. The SMILES string of the molecule is COc1ccc(N2CC(c3ccccc3)=NNC2=O)cc1. The van der Waals surface area contributed by atoms with Crippen molar-refractivity contribution in [1.29, 1.82) is 0 Å². The lowest BCUT2D eigenvalue weighted by Crippen LogP contribution is -2.46. The molecule has 2 aromatic rings. The number of carbonyl (C=O) groups excluding carboxylic acids is 1. The van der Waals surface area contributed by atoms with Gasteiger partial charge in [0.25, 0.3) is 0 Å². The topological polar surface area (TPSA) is 53.9 Å². The van der Waals surface area contributed by atoms with E-state index in [1.165, 1.54) is 0 Å². The fraction of sp³-hybridized carbons (Fsp3) is 0.125. The third-order valence-corrected chi connectivity index (χ3v) is 3.33. The second-order valence-corrected chi connectivity index (χ2v) is 4.63. The van der Waals surface area contributed by atoms with E-state index in [1.54, 1.807) is 12.0 Å². The van der Waals surface area contributed by atoms with Gasteiger partial charge in [0.15, 0.2) is 0 Å². The number of urea groups is 1. The number of nitrogens with zero attached hydrogens (tertiary/aromatic N) is 2. The van der Waals surface area contributed by atoms with E-state index in [4.69, 9.17) is 4.74 Å². The second-order valence-electron chi connectivity index (χ2n) is 4.63. The molecule has 0 bridgehead atoms. The Kier molecular flexibility index (Phi) is 3.55. The molecule has 1 N–H and O–H groups in total. The van der Waals surface area contributed by atoms with Crippen molar-refractivity contribution in [2.75, 3.05) is 18.6 Å². The Morgan fingerprint density at radius 2 is 1.81 bits per heavy atom. The average Bonchev–Trinajstić information content (AvgIpc) is 2.56. The highest BCUT2D eigenvalue weighted by Crippen LogP contribution is 2.21. The van der Waals surface area contributed by atoms with Gasteiger partial charge in [0.1, 0.15) is 5.75 Å². The second kappa shape index (κ2) is 5.66. The summed E-state index contributed by atoms with van der Waals surface area (Å²) >= 11 is 0. The zero-order chi connectivity index (χ0) is 14.7. The first kappa shape index (κ1) is 13.2. The van der Waals surface area contributed by atoms with Gasteiger partial charge in [-0.25, -0.2) is 10.2 Å². The normalized spacial score (nSPS) is 14.4. The number of carbonyl (C=O) groups is 1. The number of hydrazone groups is 1. The summed E-state index contributed by atoms with van der Waals surface area (Å²) in [5.41, 5.74) is 5.18. The maximum absolute atomic E-state index is 12.0. The molecule has 2 aromatic carbocycles. The number of anilines is 1. The molecule has 0 fully saturated rings. The van der Waals surface area contributed by atoms with E-state index in [1.807, 2.05) is 54.6 Å². The van der Waals surface area contributed by atoms with Crippen LogP contribution in [0.5, 0.6) is 5.75 Å². The van der Waals surface area contributed by atoms with Gasteiger partial charge >= 0.3 is 6.03 Å². The summed E-state index contributed by atoms with van der Waals surface area (Å²) in [4.78, 5) is 13.7. The van der Waals surface area contributed by atoms with Crippen LogP contribution in [0, 0.1) is 0 Å². The van der Waals surface area contributed by atoms with Crippen LogP contribution >= 0.6 is 0 Å². The van der Waals surface area contributed by atoms with Crippen molar-refractivity contribution in [3.8, 4) is 5.75 Å². The third kappa shape index (κ3) is 2.72. The van der Waals surface area contributed by atoms with Crippen molar-refractivity contribution in [2.45, 2.75) is 0 Å². The first-order valence-corrected chi connectivity index (χ1v) is 6.61. The number of nitrogens with one attached hydrogen (secondary N) is 1. The van der Waals surface area contributed by atoms with Crippen molar-refractivity contribution in [1.82, 2.24) is 5.43 Å². The van der Waals surface area contributed by atoms with Gasteiger partial charge in [0, 0.05) is 5.69 Å². The molecule has 0 unspecified atom stereocenters. The molecule has 0 spiro atoms. The molecule has 0 saturated heterocycles. The molecule has 0 saturated carbocycles. The van der Waals surface area contributed by atoms with E-state index in [-0.39, 0.29) is 6.03 Å². The summed E-state index contributed by atoms with van der Waals surface area (Å²) in [6.07, 6.45) is 0. The smallest absolute Gasteiger partial charge is 0.342 e. The molecule has 0 atom stereocenters. The maximum atomic E-state index is 12.0. The Bertz CT molecular complexity index is 666. The third-order valence-electron chi connectivity index (χ3n) is 3.33. The van der Waals surface area contributed by atoms with Crippen LogP contribution in [0.2, 0.25) is 0 Å². The molecule has 0 radical (unpaired) electrons. The number of benzene rings is 2. The summed E-state index contributed by atoms with van der Waals surface area (Å²) in [5, 5.41) is 4.14. The van der Waals surface area contributed by atoms with Gasteiger partial charge in [-0.15, -0.1) is 0 Å². The summed E-state index contributed by atoms with van der Waals surface area (Å²) in [7, 11) is 1.61. The first-order chi connectivity index (χ1) is 10.3. The van der Waals surface area contributed by atoms with Crippen molar-refractivity contribution >= 4 is 17.4 Å². The number of hydrogen-bond acceptors (Lipinski definition) is 3. The molecule has 21 heavy (non-hydrogen) atoms. The Balaban J connectivity index is 1.86. The Morgan fingerprint density at radius 1 is 1.10 bits per heavy atom. The number of methoxy groups -OCH3 is 1. The predicted molar refractivity (Wildman–Crippen MR) is 81.9 cm³/mol. The highest BCUT2D eigenvalue weighted by molar-refractivity contribution is 6.10. The molecular weight excluding hydrogens is 266 g/mol. The Labute approximate surface area is 122 Å². The first-order valence-electron chi connectivity index (χ1n) is 6.61. The number of amides is 2. The zero-order valence-electron chi connectivity index (χ0n) is 11.6. The lowest BCUT2D eigenvalue weighted by atomic mass is 10.1.